The molecule has 0 saturated carbocycles. The smallest absolute Gasteiger partial charge is 0.265 e. The Bertz CT molecular complexity index is 1060. The van der Waals surface area contributed by atoms with E-state index < -0.39 is 23.0 Å². The lowest BCUT2D eigenvalue weighted by Gasteiger charge is -2.32. The van der Waals surface area contributed by atoms with E-state index in [2.05, 4.69) is 5.32 Å². The van der Waals surface area contributed by atoms with Crippen molar-refractivity contribution in [1.29, 1.82) is 0 Å². The summed E-state index contributed by atoms with van der Waals surface area (Å²) in [5.74, 6) is -2.29. The van der Waals surface area contributed by atoms with Gasteiger partial charge in [0.1, 0.15) is 11.6 Å². The molecule has 3 aromatic rings. The standard InChI is InChI=1S/C24H25F2N3O2S/c1-24(2,14-27)15-29(23(31)17-10-18(25)12-19(26)11-17)13-16-5-7-20(8-6-16)28-22(30)21-4-3-9-32-21/h3-12H,13-15,27H2,1-2H3,(H,28,30). The molecule has 1 aromatic heterocycles. The molecule has 0 aliphatic heterocycles. The van der Waals surface area contributed by atoms with Gasteiger partial charge in [-0.05, 0) is 53.2 Å². The first-order chi connectivity index (χ1) is 15.2. The van der Waals surface area contributed by atoms with E-state index in [0.29, 0.717) is 23.7 Å². The molecule has 2 aromatic carbocycles. The van der Waals surface area contributed by atoms with Crippen LogP contribution >= 0.6 is 11.3 Å². The Morgan fingerprint density at radius 3 is 2.28 bits per heavy atom. The van der Waals surface area contributed by atoms with Crippen LogP contribution in [0.2, 0.25) is 0 Å². The van der Waals surface area contributed by atoms with Gasteiger partial charge in [0.15, 0.2) is 0 Å². The normalized spacial score (nSPS) is 11.3. The third kappa shape index (κ3) is 6.21. The number of thiophene rings is 1. The molecule has 3 N–H and O–H groups in total. The number of benzene rings is 2. The Morgan fingerprint density at radius 1 is 1.06 bits per heavy atom. The maximum Gasteiger partial charge on any atom is 0.265 e. The summed E-state index contributed by atoms with van der Waals surface area (Å²) in [6.45, 7) is 4.70. The molecular weight excluding hydrogens is 432 g/mol. The molecule has 0 aliphatic rings. The molecule has 0 aliphatic carbocycles. The molecule has 1 heterocycles. The van der Waals surface area contributed by atoms with Crippen LogP contribution in [0.25, 0.3) is 0 Å². The number of halogens is 2. The van der Waals surface area contributed by atoms with Gasteiger partial charge in [-0.1, -0.05) is 32.0 Å². The molecule has 5 nitrogen and oxygen atoms in total. The average Bonchev–Trinajstić information content (AvgIpc) is 3.28. The maximum absolute atomic E-state index is 13.7. The molecule has 0 bridgehead atoms. The molecule has 0 unspecified atom stereocenters. The van der Waals surface area contributed by atoms with Gasteiger partial charge in [-0.3, -0.25) is 9.59 Å². The molecule has 0 atom stereocenters. The second-order valence-electron chi connectivity index (χ2n) is 8.32. The van der Waals surface area contributed by atoms with Crippen molar-refractivity contribution >= 4 is 28.8 Å². The summed E-state index contributed by atoms with van der Waals surface area (Å²) in [4.78, 5) is 27.4. The monoisotopic (exact) mass is 457 g/mol. The van der Waals surface area contributed by atoms with Gasteiger partial charge in [-0.15, -0.1) is 11.3 Å². The lowest BCUT2D eigenvalue weighted by atomic mass is 9.92. The quantitative estimate of drug-likeness (QED) is 0.505. The average molecular weight is 458 g/mol. The first-order valence-electron chi connectivity index (χ1n) is 10.1. The molecule has 32 heavy (non-hydrogen) atoms. The van der Waals surface area contributed by atoms with Gasteiger partial charge in [0, 0.05) is 30.4 Å². The number of anilines is 1. The number of nitrogens with one attached hydrogen (secondary N) is 1. The van der Waals surface area contributed by atoms with Crippen LogP contribution in [0.4, 0.5) is 14.5 Å². The Kier molecular flexibility index (Phi) is 7.37. The Labute approximate surface area is 189 Å². The summed E-state index contributed by atoms with van der Waals surface area (Å²) < 4.78 is 27.3. The number of nitrogens with two attached hydrogens (primary N) is 1. The molecule has 8 heteroatoms. The fourth-order valence-electron chi connectivity index (χ4n) is 3.15. The first-order valence-corrected chi connectivity index (χ1v) is 10.9. The van der Waals surface area contributed by atoms with Crippen LogP contribution in [0.5, 0.6) is 0 Å². The number of carbonyl (C=O) groups is 2. The highest BCUT2D eigenvalue weighted by atomic mass is 32.1. The number of hydrogen-bond acceptors (Lipinski definition) is 4. The molecule has 0 saturated heterocycles. The van der Waals surface area contributed by atoms with E-state index in [9.17, 15) is 18.4 Å². The maximum atomic E-state index is 13.7. The van der Waals surface area contributed by atoms with Crippen molar-refractivity contribution in [2.24, 2.45) is 11.1 Å². The largest absolute Gasteiger partial charge is 0.334 e. The van der Waals surface area contributed by atoms with Crippen molar-refractivity contribution in [3.63, 3.8) is 0 Å². The number of carbonyl (C=O) groups excluding carboxylic acids is 2. The van der Waals surface area contributed by atoms with E-state index in [4.69, 9.17) is 5.73 Å². The minimum absolute atomic E-state index is 0.0600. The number of rotatable bonds is 8. The van der Waals surface area contributed by atoms with Gasteiger partial charge < -0.3 is 16.0 Å². The molecule has 0 spiro atoms. The predicted molar refractivity (Wildman–Crippen MR) is 123 cm³/mol. The van der Waals surface area contributed by atoms with Crippen molar-refractivity contribution in [3.8, 4) is 0 Å². The van der Waals surface area contributed by atoms with Gasteiger partial charge in [0.05, 0.1) is 4.88 Å². The van der Waals surface area contributed by atoms with Gasteiger partial charge in [0.25, 0.3) is 11.8 Å². The van der Waals surface area contributed by atoms with E-state index >= 15 is 0 Å². The molecule has 168 valence electrons. The molecule has 0 radical (unpaired) electrons. The number of hydrogen-bond donors (Lipinski definition) is 2. The lowest BCUT2D eigenvalue weighted by Crippen LogP contribution is -2.41. The minimum Gasteiger partial charge on any atom is -0.334 e. The molecule has 0 fully saturated rings. The van der Waals surface area contributed by atoms with Gasteiger partial charge >= 0.3 is 0 Å². The molecule has 3 rings (SSSR count). The van der Waals surface area contributed by atoms with E-state index in [1.807, 2.05) is 25.3 Å². The van der Waals surface area contributed by atoms with Crippen molar-refractivity contribution in [2.45, 2.75) is 20.4 Å². The summed E-state index contributed by atoms with van der Waals surface area (Å²) >= 11 is 1.35. The van der Waals surface area contributed by atoms with Crippen molar-refractivity contribution in [1.82, 2.24) is 4.90 Å². The van der Waals surface area contributed by atoms with Crippen molar-refractivity contribution in [3.05, 3.63) is 87.6 Å². The highest BCUT2D eigenvalue weighted by molar-refractivity contribution is 7.12. The highest BCUT2D eigenvalue weighted by Gasteiger charge is 2.25. The predicted octanol–water partition coefficient (Wildman–Crippen LogP) is 4.91. The Morgan fingerprint density at radius 2 is 1.72 bits per heavy atom. The summed E-state index contributed by atoms with van der Waals surface area (Å²) in [5.41, 5.74) is 6.82. The van der Waals surface area contributed by atoms with Crippen LogP contribution in [0.3, 0.4) is 0 Å². The topological polar surface area (TPSA) is 75.4 Å². The summed E-state index contributed by atoms with van der Waals surface area (Å²) in [6, 6.07) is 13.4. The third-order valence-electron chi connectivity index (χ3n) is 4.90. The van der Waals surface area contributed by atoms with Crippen molar-refractivity contribution in [2.75, 3.05) is 18.4 Å². The van der Waals surface area contributed by atoms with E-state index in [1.54, 1.807) is 30.3 Å². The second-order valence-corrected chi connectivity index (χ2v) is 9.26. The zero-order valence-electron chi connectivity index (χ0n) is 17.9. The fraction of sp³-hybridized carbons (Fsp3) is 0.250. The van der Waals surface area contributed by atoms with Crippen LogP contribution < -0.4 is 11.1 Å². The molecule has 2 amide bonds. The summed E-state index contributed by atoms with van der Waals surface area (Å²) in [7, 11) is 0. The van der Waals surface area contributed by atoms with Crippen LogP contribution in [0.15, 0.2) is 60.0 Å². The third-order valence-corrected chi connectivity index (χ3v) is 5.77. The van der Waals surface area contributed by atoms with Crippen LogP contribution in [0, 0.1) is 17.0 Å². The van der Waals surface area contributed by atoms with Gasteiger partial charge in [-0.25, -0.2) is 8.78 Å². The fourth-order valence-corrected chi connectivity index (χ4v) is 3.77. The first kappa shape index (κ1) is 23.6. The zero-order valence-corrected chi connectivity index (χ0v) is 18.7. The Hall–Kier alpha value is -3.10. The van der Waals surface area contributed by atoms with Crippen LogP contribution in [-0.2, 0) is 6.54 Å². The lowest BCUT2D eigenvalue weighted by molar-refractivity contribution is 0.0672. The van der Waals surface area contributed by atoms with E-state index in [-0.39, 0.29) is 18.0 Å². The zero-order chi connectivity index (χ0) is 23.3. The van der Waals surface area contributed by atoms with Crippen LogP contribution in [-0.4, -0.2) is 29.8 Å². The summed E-state index contributed by atoms with van der Waals surface area (Å²) in [5, 5.41) is 4.65. The Balaban J connectivity index is 1.78. The summed E-state index contributed by atoms with van der Waals surface area (Å²) in [6.07, 6.45) is 0. The second kappa shape index (κ2) is 10.0. The van der Waals surface area contributed by atoms with E-state index in [0.717, 1.165) is 23.8 Å². The van der Waals surface area contributed by atoms with E-state index in [1.165, 1.54) is 16.2 Å². The molecular formula is C24H25F2N3O2S. The number of nitrogens with zero attached hydrogens (tertiary/aromatic N) is 1. The minimum atomic E-state index is -0.808. The van der Waals surface area contributed by atoms with Crippen molar-refractivity contribution < 1.29 is 18.4 Å². The SMILES string of the molecule is CC(C)(CN)CN(Cc1ccc(NC(=O)c2cccs2)cc1)C(=O)c1cc(F)cc(F)c1. The highest BCUT2D eigenvalue weighted by Crippen LogP contribution is 2.21. The number of amides is 2. The van der Waals surface area contributed by atoms with Gasteiger partial charge in [-0.2, -0.15) is 0 Å². The van der Waals surface area contributed by atoms with Gasteiger partial charge in [0.2, 0.25) is 0 Å². The van der Waals surface area contributed by atoms with Crippen LogP contribution in [0.1, 0.15) is 39.4 Å².